The molecule has 1 aliphatic rings. The van der Waals surface area contributed by atoms with Crippen LogP contribution in [-0.2, 0) is 13.1 Å². The number of hydrogen-bond acceptors (Lipinski definition) is 5. The van der Waals surface area contributed by atoms with Gasteiger partial charge in [0.1, 0.15) is 6.61 Å². The van der Waals surface area contributed by atoms with Crippen molar-refractivity contribution < 1.29 is 9.84 Å². The smallest absolute Gasteiger partial charge is 0.165 e. The van der Waals surface area contributed by atoms with Gasteiger partial charge in [-0.3, -0.25) is 10.00 Å². The summed E-state index contributed by atoms with van der Waals surface area (Å²) in [5.41, 5.74) is 5.46. The molecule has 5 nitrogen and oxygen atoms in total. The van der Waals surface area contributed by atoms with Crippen LogP contribution in [0.15, 0.2) is 24.3 Å². The second-order valence-electron chi connectivity index (χ2n) is 6.87. The minimum absolute atomic E-state index is 0.223. The average Bonchev–Trinajstić information content (AvgIpc) is 3.09. The number of phenolic OH excluding ortho intramolecular Hbond substituents is 1. The molecule has 0 saturated heterocycles. The number of hydrogen-bond donors (Lipinski definition) is 2. The van der Waals surface area contributed by atoms with E-state index in [4.69, 9.17) is 4.74 Å². The average molecular weight is 369 g/mol. The third-order valence-corrected chi connectivity index (χ3v) is 5.93. The van der Waals surface area contributed by atoms with E-state index < -0.39 is 0 Å². The molecule has 0 aliphatic carbocycles. The number of aromatic nitrogens is 2. The molecule has 0 amide bonds. The highest BCUT2D eigenvalue weighted by Gasteiger charge is 2.21. The van der Waals surface area contributed by atoms with E-state index in [0.29, 0.717) is 12.4 Å². The van der Waals surface area contributed by atoms with E-state index in [1.54, 1.807) is 11.3 Å². The summed E-state index contributed by atoms with van der Waals surface area (Å²) in [6.07, 6.45) is 0. The van der Waals surface area contributed by atoms with E-state index in [-0.39, 0.29) is 5.75 Å². The van der Waals surface area contributed by atoms with Gasteiger partial charge in [-0.2, -0.15) is 5.10 Å². The van der Waals surface area contributed by atoms with Crippen LogP contribution in [0.1, 0.15) is 27.4 Å². The van der Waals surface area contributed by atoms with Gasteiger partial charge in [-0.05, 0) is 50.6 Å². The second-order valence-corrected chi connectivity index (χ2v) is 8.15. The number of aromatic hydroxyl groups is 1. The summed E-state index contributed by atoms with van der Waals surface area (Å²) < 4.78 is 5.87. The Kier molecular flexibility index (Phi) is 4.46. The monoisotopic (exact) mass is 369 g/mol. The quantitative estimate of drug-likeness (QED) is 0.728. The lowest BCUT2D eigenvalue weighted by Crippen LogP contribution is -2.25. The summed E-state index contributed by atoms with van der Waals surface area (Å²) in [6, 6.07) is 8.17. The SMILES string of the molecule is Cc1ccc(-c2cc(O)c3c(c2)CN(Cc2c(C)n[nH]c2C)CCO3)s1. The molecular formula is C20H23N3O2S. The normalized spacial score (nSPS) is 14.7. The lowest BCUT2D eigenvalue weighted by Gasteiger charge is -2.19. The molecule has 0 atom stereocenters. The van der Waals surface area contributed by atoms with Crippen LogP contribution < -0.4 is 4.74 Å². The molecule has 3 aromatic rings. The Labute approximate surface area is 157 Å². The number of nitrogens with one attached hydrogen (secondary N) is 1. The molecule has 2 aromatic heterocycles. The standard InChI is InChI=1S/C20H23N3O2S/c1-12-4-5-19(26-12)15-8-16-10-23(6-7-25-20(16)18(24)9-15)11-17-13(2)21-22-14(17)3/h4-5,8-9,24H,6-7,10-11H2,1-3H3,(H,21,22). The Balaban J connectivity index is 1.65. The van der Waals surface area contributed by atoms with Crippen LogP contribution in [0.25, 0.3) is 10.4 Å². The number of nitrogens with zero attached hydrogens (tertiary/aromatic N) is 2. The third-order valence-electron chi connectivity index (χ3n) is 4.88. The third kappa shape index (κ3) is 3.22. The van der Waals surface area contributed by atoms with E-state index in [1.807, 2.05) is 13.0 Å². The lowest BCUT2D eigenvalue weighted by atomic mass is 10.1. The molecule has 1 aromatic carbocycles. The Hall–Kier alpha value is -2.31. The zero-order valence-electron chi connectivity index (χ0n) is 15.3. The molecule has 0 unspecified atom stereocenters. The van der Waals surface area contributed by atoms with Crippen molar-refractivity contribution >= 4 is 11.3 Å². The molecule has 26 heavy (non-hydrogen) atoms. The summed E-state index contributed by atoms with van der Waals surface area (Å²) in [6.45, 7) is 9.12. The topological polar surface area (TPSA) is 61.4 Å². The lowest BCUT2D eigenvalue weighted by molar-refractivity contribution is 0.216. The number of H-pyrrole nitrogens is 1. The fourth-order valence-corrected chi connectivity index (χ4v) is 4.31. The first-order valence-corrected chi connectivity index (χ1v) is 9.61. The minimum Gasteiger partial charge on any atom is -0.504 e. The first-order valence-electron chi connectivity index (χ1n) is 8.79. The van der Waals surface area contributed by atoms with Crippen LogP contribution in [0, 0.1) is 20.8 Å². The maximum absolute atomic E-state index is 10.5. The first kappa shape index (κ1) is 17.1. The zero-order valence-corrected chi connectivity index (χ0v) is 16.1. The summed E-state index contributed by atoms with van der Waals surface area (Å²) in [5, 5.41) is 17.9. The van der Waals surface area contributed by atoms with Crippen molar-refractivity contribution in [2.24, 2.45) is 0 Å². The van der Waals surface area contributed by atoms with Crippen molar-refractivity contribution in [1.82, 2.24) is 15.1 Å². The van der Waals surface area contributed by atoms with E-state index in [1.165, 1.54) is 10.4 Å². The largest absolute Gasteiger partial charge is 0.504 e. The van der Waals surface area contributed by atoms with Gasteiger partial charge in [0.25, 0.3) is 0 Å². The molecular weight excluding hydrogens is 346 g/mol. The van der Waals surface area contributed by atoms with E-state index >= 15 is 0 Å². The van der Waals surface area contributed by atoms with Crippen molar-refractivity contribution in [2.45, 2.75) is 33.9 Å². The summed E-state index contributed by atoms with van der Waals surface area (Å²) in [7, 11) is 0. The maximum atomic E-state index is 10.5. The first-order chi connectivity index (χ1) is 12.5. The van der Waals surface area contributed by atoms with Crippen LogP contribution in [0.3, 0.4) is 0 Å². The molecule has 136 valence electrons. The van der Waals surface area contributed by atoms with E-state index in [0.717, 1.165) is 47.0 Å². The van der Waals surface area contributed by atoms with Crippen LogP contribution in [0.2, 0.25) is 0 Å². The van der Waals surface area contributed by atoms with Crippen LogP contribution >= 0.6 is 11.3 Å². The fourth-order valence-electron chi connectivity index (χ4n) is 3.45. The summed E-state index contributed by atoms with van der Waals surface area (Å²) in [4.78, 5) is 4.77. The molecule has 1 aliphatic heterocycles. The highest BCUT2D eigenvalue weighted by Crippen LogP contribution is 2.39. The Morgan fingerprint density at radius 2 is 2.12 bits per heavy atom. The molecule has 0 bridgehead atoms. The molecule has 0 saturated carbocycles. The van der Waals surface area contributed by atoms with Crippen LogP contribution in [0.5, 0.6) is 11.5 Å². The van der Waals surface area contributed by atoms with Crippen molar-refractivity contribution in [1.29, 1.82) is 0 Å². The number of fused-ring (bicyclic) bond motifs is 1. The van der Waals surface area contributed by atoms with Gasteiger partial charge in [0.2, 0.25) is 0 Å². The molecule has 0 radical (unpaired) electrons. The van der Waals surface area contributed by atoms with Crippen LogP contribution in [-0.4, -0.2) is 33.4 Å². The highest BCUT2D eigenvalue weighted by atomic mass is 32.1. The van der Waals surface area contributed by atoms with E-state index in [2.05, 4.69) is 47.1 Å². The van der Waals surface area contributed by atoms with Gasteiger partial charge in [0.05, 0.1) is 5.69 Å². The minimum atomic E-state index is 0.223. The van der Waals surface area contributed by atoms with Gasteiger partial charge in [-0.1, -0.05) is 0 Å². The van der Waals surface area contributed by atoms with Gasteiger partial charge >= 0.3 is 0 Å². The van der Waals surface area contributed by atoms with Crippen molar-refractivity contribution in [2.75, 3.05) is 13.2 Å². The molecule has 0 spiro atoms. The Bertz CT molecular complexity index is 925. The van der Waals surface area contributed by atoms with Crippen LogP contribution in [0.4, 0.5) is 0 Å². The number of ether oxygens (including phenoxy) is 1. The van der Waals surface area contributed by atoms with Gasteiger partial charge in [-0.15, -0.1) is 11.3 Å². The fraction of sp³-hybridized carbons (Fsp3) is 0.350. The Morgan fingerprint density at radius 3 is 2.81 bits per heavy atom. The number of rotatable bonds is 3. The molecule has 6 heteroatoms. The summed E-state index contributed by atoms with van der Waals surface area (Å²) in [5.74, 6) is 0.839. The maximum Gasteiger partial charge on any atom is 0.165 e. The predicted molar refractivity (Wildman–Crippen MR) is 104 cm³/mol. The van der Waals surface area contributed by atoms with Crippen molar-refractivity contribution in [3.8, 4) is 21.9 Å². The molecule has 0 fully saturated rings. The van der Waals surface area contributed by atoms with Crippen molar-refractivity contribution in [3.63, 3.8) is 0 Å². The van der Waals surface area contributed by atoms with Crippen molar-refractivity contribution in [3.05, 3.63) is 51.7 Å². The predicted octanol–water partition coefficient (Wildman–Crippen LogP) is 4.16. The van der Waals surface area contributed by atoms with Gasteiger partial charge in [0.15, 0.2) is 11.5 Å². The number of aryl methyl sites for hydroxylation is 3. The molecule has 2 N–H and O–H groups in total. The second kappa shape index (κ2) is 6.78. The summed E-state index contributed by atoms with van der Waals surface area (Å²) >= 11 is 1.74. The number of benzene rings is 1. The van der Waals surface area contributed by atoms with E-state index in [9.17, 15) is 5.11 Å². The number of thiophene rings is 1. The van der Waals surface area contributed by atoms with Gasteiger partial charge < -0.3 is 9.84 Å². The highest BCUT2D eigenvalue weighted by molar-refractivity contribution is 7.15. The van der Waals surface area contributed by atoms with Gasteiger partial charge in [-0.25, -0.2) is 0 Å². The zero-order chi connectivity index (χ0) is 18.3. The number of aromatic amines is 1. The molecule has 4 rings (SSSR count). The molecule has 3 heterocycles. The number of phenols is 1. The van der Waals surface area contributed by atoms with Gasteiger partial charge in [0, 0.05) is 46.2 Å². The Morgan fingerprint density at radius 1 is 1.27 bits per heavy atom.